The number of hydrogen-bond donors (Lipinski definition) is 1. The van der Waals surface area contributed by atoms with E-state index in [2.05, 4.69) is 15.1 Å². The van der Waals surface area contributed by atoms with Crippen molar-refractivity contribution in [3.8, 4) is 11.5 Å². The lowest BCUT2D eigenvalue weighted by molar-refractivity contribution is -0.126. The van der Waals surface area contributed by atoms with E-state index in [4.69, 9.17) is 25.7 Å². The molecule has 32 heavy (non-hydrogen) atoms. The second kappa shape index (κ2) is 11.3. The third-order valence-corrected chi connectivity index (χ3v) is 6.62. The predicted molar refractivity (Wildman–Crippen MR) is 125 cm³/mol. The van der Waals surface area contributed by atoms with Crippen LogP contribution < -0.4 is 5.32 Å². The van der Waals surface area contributed by atoms with Crippen molar-refractivity contribution >= 4 is 17.5 Å². The van der Waals surface area contributed by atoms with E-state index in [-0.39, 0.29) is 11.8 Å². The van der Waals surface area contributed by atoms with Gasteiger partial charge in [0.15, 0.2) is 0 Å². The van der Waals surface area contributed by atoms with Gasteiger partial charge in [0.05, 0.1) is 18.9 Å². The van der Waals surface area contributed by atoms with Crippen molar-refractivity contribution in [2.45, 2.75) is 32.7 Å². The molecule has 0 unspecified atom stereocenters. The van der Waals surface area contributed by atoms with Gasteiger partial charge in [-0.3, -0.25) is 14.6 Å². The van der Waals surface area contributed by atoms with Gasteiger partial charge in [0.1, 0.15) is 5.76 Å². The van der Waals surface area contributed by atoms with E-state index in [0.29, 0.717) is 10.9 Å². The zero-order valence-corrected chi connectivity index (χ0v) is 19.6. The number of rotatable bonds is 8. The standard InChI is InChI=1S/C24H33ClN4O3/c1-18-22(27-24(32-18)20-3-5-21(25)6-4-20)17-29-11-7-19(8-12-29)23(30)26-9-2-10-28-13-15-31-16-14-28/h3-6,19H,2,7-17H2,1H3,(H,26,30). The fourth-order valence-corrected chi connectivity index (χ4v) is 4.47. The summed E-state index contributed by atoms with van der Waals surface area (Å²) in [7, 11) is 0. The second-order valence-electron chi connectivity index (χ2n) is 8.68. The molecule has 0 aliphatic carbocycles. The number of carbonyl (C=O) groups is 1. The van der Waals surface area contributed by atoms with Crippen molar-refractivity contribution in [3.63, 3.8) is 0 Å². The van der Waals surface area contributed by atoms with E-state index in [1.165, 1.54) is 0 Å². The Labute approximate surface area is 195 Å². The van der Waals surface area contributed by atoms with Gasteiger partial charge in [-0.25, -0.2) is 4.98 Å². The first-order chi connectivity index (χ1) is 15.6. The molecule has 1 aromatic carbocycles. The minimum absolute atomic E-state index is 0.109. The van der Waals surface area contributed by atoms with Crippen LogP contribution in [0.15, 0.2) is 28.7 Å². The van der Waals surface area contributed by atoms with Crippen LogP contribution in [0.5, 0.6) is 0 Å². The molecule has 4 rings (SSSR count). The number of carbonyl (C=O) groups excluding carboxylic acids is 1. The highest BCUT2D eigenvalue weighted by atomic mass is 35.5. The van der Waals surface area contributed by atoms with E-state index in [0.717, 1.165) is 95.3 Å². The van der Waals surface area contributed by atoms with E-state index in [1.54, 1.807) is 0 Å². The summed E-state index contributed by atoms with van der Waals surface area (Å²) in [6.45, 7) is 9.91. The Hall–Kier alpha value is -1.93. The van der Waals surface area contributed by atoms with Crippen molar-refractivity contribution in [1.29, 1.82) is 0 Å². The number of oxazole rings is 1. The molecule has 0 atom stereocenters. The summed E-state index contributed by atoms with van der Waals surface area (Å²) in [5.41, 5.74) is 1.88. The van der Waals surface area contributed by atoms with Gasteiger partial charge in [-0.15, -0.1) is 0 Å². The number of aryl methyl sites for hydroxylation is 1. The van der Waals surface area contributed by atoms with Crippen LogP contribution in [0.25, 0.3) is 11.5 Å². The maximum atomic E-state index is 12.6. The van der Waals surface area contributed by atoms with Crippen molar-refractivity contribution in [3.05, 3.63) is 40.7 Å². The molecule has 1 N–H and O–H groups in total. The summed E-state index contributed by atoms with van der Waals surface area (Å²) >= 11 is 5.97. The Balaban J connectivity index is 1.18. The molecule has 2 aliphatic heterocycles. The molecular weight excluding hydrogens is 428 g/mol. The molecule has 0 saturated carbocycles. The topological polar surface area (TPSA) is 70.8 Å². The number of morpholine rings is 1. The molecule has 7 nitrogen and oxygen atoms in total. The number of halogens is 1. The molecule has 174 valence electrons. The summed E-state index contributed by atoms with van der Waals surface area (Å²) in [6, 6.07) is 7.52. The summed E-state index contributed by atoms with van der Waals surface area (Å²) < 4.78 is 11.3. The summed E-state index contributed by atoms with van der Waals surface area (Å²) in [4.78, 5) is 22.0. The molecular formula is C24H33ClN4O3. The first kappa shape index (κ1) is 23.2. The van der Waals surface area contributed by atoms with E-state index in [9.17, 15) is 4.79 Å². The lowest BCUT2D eigenvalue weighted by Crippen LogP contribution is -2.41. The van der Waals surface area contributed by atoms with Crippen LogP contribution in [0.4, 0.5) is 0 Å². The minimum Gasteiger partial charge on any atom is -0.441 e. The number of likely N-dealkylation sites (tertiary alicyclic amines) is 1. The van der Waals surface area contributed by atoms with Crippen LogP contribution in [0, 0.1) is 12.8 Å². The fourth-order valence-electron chi connectivity index (χ4n) is 4.34. The van der Waals surface area contributed by atoms with Gasteiger partial charge in [-0.1, -0.05) is 11.6 Å². The average molecular weight is 461 g/mol. The number of amides is 1. The zero-order chi connectivity index (χ0) is 22.3. The molecule has 2 fully saturated rings. The van der Waals surface area contributed by atoms with Crippen LogP contribution in [-0.4, -0.2) is 73.2 Å². The van der Waals surface area contributed by atoms with Crippen molar-refractivity contribution < 1.29 is 13.9 Å². The Morgan fingerprint density at radius 2 is 1.84 bits per heavy atom. The number of nitrogens with zero attached hydrogens (tertiary/aromatic N) is 3. The van der Waals surface area contributed by atoms with Gasteiger partial charge in [0.25, 0.3) is 0 Å². The van der Waals surface area contributed by atoms with Gasteiger partial charge in [-0.2, -0.15) is 0 Å². The van der Waals surface area contributed by atoms with Crippen molar-refractivity contribution in [1.82, 2.24) is 20.1 Å². The molecule has 3 heterocycles. The number of hydrogen-bond acceptors (Lipinski definition) is 6. The Morgan fingerprint density at radius 1 is 1.12 bits per heavy atom. The summed E-state index contributed by atoms with van der Waals surface area (Å²) in [5.74, 6) is 1.78. The summed E-state index contributed by atoms with van der Waals surface area (Å²) in [6.07, 6.45) is 2.76. The van der Waals surface area contributed by atoms with Crippen LogP contribution in [0.2, 0.25) is 5.02 Å². The number of ether oxygens (including phenoxy) is 1. The van der Waals surface area contributed by atoms with Crippen LogP contribution >= 0.6 is 11.6 Å². The maximum absolute atomic E-state index is 12.6. The maximum Gasteiger partial charge on any atom is 0.226 e. The normalized spacial score (nSPS) is 18.7. The largest absolute Gasteiger partial charge is 0.441 e. The number of aromatic nitrogens is 1. The SMILES string of the molecule is Cc1oc(-c2ccc(Cl)cc2)nc1CN1CCC(C(=O)NCCCN2CCOCC2)CC1. The molecule has 2 aromatic rings. The third-order valence-electron chi connectivity index (χ3n) is 6.37. The first-order valence-corrected chi connectivity index (χ1v) is 12.0. The molecule has 2 aliphatic rings. The highest BCUT2D eigenvalue weighted by Crippen LogP contribution is 2.25. The average Bonchev–Trinajstić information content (AvgIpc) is 3.18. The second-order valence-corrected chi connectivity index (χ2v) is 9.11. The van der Waals surface area contributed by atoms with Crippen molar-refractivity contribution in [2.75, 3.05) is 52.5 Å². The quantitative estimate of drug-likeness (QED) is 0.609. The van der Waals surface area contributed by atoms with E-state index in [1.807, 2.05) is 31.2 Å². The highest BCUT2D eigenvalue weighted by molar-refractivity contribution is 6.30. The zero-order valence-electron chi connectivity index (χ0n) is 18.8. The van der Waals surface area contributed by atoms with Gasteiger partial charge in [0.2, 0.25) is 11.8 Å². The lowest BCUT2D eigenvalue weighted by atomic mass is 9.95. The van der Waals surface area contributed by atoms with Crippen LogP contribution in [-0.2, 0) is 16.1 Å². The molecule has 1 aromatic heterocycles. The Morgan fingerprint density at radius 3 is 2.56 bits per heavy atom. The molecule has 0 spiro atoms. The number of piperidine rings is 1. The number of nitrogens with one attached hydrogen (secondary N) is 1. The fraction of sp³-hybridized carbons (Fsp3) is 0.583. The van der Waals surface area contributed by atoms with Crippen LogP contribution in [0.1, 0.15) is 30.7 Å². The molecule has 0 bridgehead atoms. The van der Waals surface area contributed by atoms with Gasteiger partial charge in [-0.05, 0) is 70.1 Å². The molecule has 2 saturated heterocycles. The third kappa shape index (κ3) is 6.32. The molecule has 8 heteroatoms. The first-order valence-electron chi connectivity index (χ1n) is 11.6. The van der Waals surface area contributed by atoms with Gasteiger partial charge < -0.3 is 14.5 Å². The van der Waals surface area contributed by atoms with Crippen LogP contribution in [0.3, 0.4) is 0 Å². The predicted octanol–water partition coefficient (Wildman–Crippen LogP) is 3.35. The minimum atomic E-state index is 0.109. The summed E-state index contributed by atoms with van der Waals surface area (Å²) in [5, 5.41) is 3.83. The smallest absolute Gasteiger partial charge is 0.226 e. The van der Waals surface area contributed by atoms with Gasteiger partial charge in [0, 0.05) is 42.7 Å². The Bertz CT molecular complexity index is 872. The Kier molecular flexibility index (Phi) is 8.19. The van der Waals surface area contributed by atoms with E-state index >= 15 is 0 Å². The molecule has 0 radical (unpaired) electrons. The highest BCUT2D eigenvalue weighted by Gasteiger charge is 2.26. The lowest BCUT2D eigenvalue weighted by Gasteiger charge is -2.31. The van der Waals surface area contributed by atoms with Gasteiger partial charge >= 0.3 is 0 Å². The van der Waals surface area contributed by atoms with Crippen molar-refractivity contribution in [2.24, 2.45) is 5.92 Å². The molecule has 1 amide bonds. The monoisotopic (exact) mass is 460 g/mol. The van der Waals surface area contributed by atoms with E-state index < -0.39 is 0 Å². The number of benzene rings is 1.